The Balaban J connectivity index is 2.70. The summed E-state index contributed by atoms with van der Waals surface area (Å²) in [5.74, 6) is -1.09. The van der Waals surface area contributed by atoms with Crippen LogP contribution in [0.5, 0.6) is 0 Å². The van der Waals surface area contributed by atoms with Gasteiger partial charge in [-0.2, -0.15) is 5.10 Å². The van der Waals surface area contributed by atoms with Gasteiger partial charge >= 0.3 is 12.0 Å². The number of H-pyrrole nitrogens is 1. The van der Waals surface area contributed by atoms with E-state index in [1.807, 2.05) is 20.8 Å². The lowest BCUT2D eigenvalue weighted by atomic mass is 10.1. The van der Waals surface area contributed by atoms with Gasteiger partial charge in [0, 0.05) is 5.54 Å². The number of carboxylic acids is 1. The van der Waals surface area contributed by atoms with Crippen molar-refractivity contribution in [2.75, 3.05) is 5.32 Å². The van der Waals surface area contributed by atoms with E-state index in [1.54, 1.807) is 0 Å². The molecule has 7 nitrogen and oxygen atoms in total. The number of amides is 2. The summed E-state index contributed by atoms with van der Waals surface area (Å²) >= 11 is 0. The molecule has 0 radical (unpaired) electrons. The predicted octanol–water partition coefficient (Wildman–Crippen LogP) is 1.03. The summed E-state index contributed by atoms with van der Waals surface area (Å²) < 4.78 is 0. The second-order valence-electron chi connectivity index (χ2n) is 4.29. The first-order chi connectivity index (χ1) is 7.29. The van der Waals surface area contributed by atoms with Gasteiger partial charge in [0.1, 0.15) is 11.4 Å². The second-order valence-corrected chi connectivity index (χ2v) is 4.29. The van der Waals surface area contributed by atoms with Gasteiger partial charge in [-0.25, -0.2) is 9.59 Å². The van der Waals surface area contributed by atoms with Crippen molar-refractivity contribution < 1.29 is 14.7 Å². The first-order valence-electron chi connectivity index (χ1n) is 4.65. The highest BCUT2D eigenvalue weighted by Crippen LogP contribution is 2.10. The maximum atomic E-state index is 11.4. The monoisotopic (exact) mass is 226 g/mol. The molecule has 1 aromatic heterocycles. The van der Waals surface area contributed by atoms with Crippen molar-refractivity contribution >= 4 is 17.8 Å². The first kappa shape index (κ1) is 12.0. The molecule has 0 bridgehead atoms. The highest BCUT2D eigenvalue weighted by molar-refractivity contribution is 5.98. The molecular formula is C9H14N4O3. The second kappa shape index (κ2) is 4.21. The van der Waals surface area contributed by atoms with Crippen molar-refractivity contribution in [2.24, 2.45) is 0 Å². The largest absolute Gasteiger partial charge is 0.477 e. The highest BCUT2D eigenvalue weighted by Gasteiger charge is 2.17. The summed E-state index contributed by atoms with van der Waals surface area (Å²) in [5.41, 5.74) is -0.475. The first-order valence-corrected chi connectivity index (χ1v) is 4.65. The summed E-state index contributed by atoms with van der Waals surface area (Å²) in [7, 11) is 0. The number of nitrogens with one attached hydrogen (secondary N) is 3. The molecule has 1 heterocycles. The number of hydrogen-bond donors (Lipinski definition) is 4. The number of carbonyl (C=O) groups excluding carboxylic acids is 1. The van der Waals surface area contributed by atoms with Gasteiger partial charge in [-0.05, 0) is 20.8 Å². The molecule has 2 amide bonds. The number of aromatic carboxylic acids is 1. The minimum absolute atomic E-state index is 0.0641. The van der Waals surface area contributed by atoms with Gasteiger partial charge in [-0.3, -0.25) is 10.4 Å². The number of carboxylic acid groups (broad SMARTS) is 1. The minimum atomic E-state index is -1.15. The number of aromatic amines is 1. The van der Waals surface area contributed by atoms with Crippen LogP contribution in [0.3, 0.4) is 0 Å². The molecule has 7 heteroatoms. The zero-order chi connectivity index (χ0) is 12.3. The Kier molecular flexibility index (Phi) is 3.17. The van der Waals surface area contributed by atoms with E-state index in [-0.39, 0.29) is 11.4 Å². The van der Waals surface area contributed by atoms with Crippen LogP contribution in [0.1, 0.15) is 31.1 Å². The van der Waals surface area contributed by atoms with Gasteiger partial charge in [-0.15, -0.1) is 0 Å². The van der Waals surface area contributed by atoms with Gasteiger partial charge in [0.15, 0.2) is 0 Å². The van der Waals surface area contributed by atoms with Crippen LogP contribution >= 0.6 is 0 Å². The number of nitrogens with zero attached hydrogens (tertiary/aromatic N) is 1. The average Bonchev–Trinajstić information content (AvgIpc) is 2.47. The summed E-state index contributed by atoms with van der Waals surface area (Å²) in [6, 6.07) is -0.487. The van der Waals surface area contributed by atoms with Gasteiger partial charge < -0.3 is 10.4 Å². The molecule has 0 saturated carbocycles. The van der Waals surface area contributed by atoms with E-state index in [2.05, 4.69) is 20.8 Å². The quantitative estimate of drug-likeness (QED) is 0.604. The molecule has 0 atom stereocenters. The molecule has 0 fully saturated rings. The van der Waals surface area contributed by atoms with Gasteiger partial charge in [0.05, 0.1) is 6.20 Å². The van der Waals surface area contributed by atoms with Crippen LogP contribution in [0, 0.1) is 0 Å². The molecule has 0 unspecified atom stereocenters. The van der Waals surface area contributed by atoms with Crippen LogP contribution in [0.4, 0.5) is 10.6 Å². The predicted molar refractivity (Wildman–Crippen MR) is 57.5 cm³/mol. The summed E-state index contributed by atoms with van der Waals surface area (Å²) in [6.45, 7) is 5.45. The van der Waals surface area contributed by atoms with Gasteiger partial charge in [0.25, 0.3) is 0 Å². The van der Waals surface area contributed by atoms with Crippen molar-refractivity contribution in [3.63, 3.8) is 0 Å². The molecule has 1 rings (SSSR count). The lowest BCUT2D eigenvalue weighted by Gasteiger charge is -2.20. The number of carbonyl (C=O) groups is 2. The van der Waals surface area contributed by atoms with Crippen LogP contribution in [0.25, 0.3) is 0 Å². The number of urea groups is 1. The third kappa shape index (κ3) is 3.26. The van der Waals surface area contributed by atoms with Crippen LogP contribution in [-0.4, -0.2) is 32.8 Å². The van der Waals surface area contributed by atoms with Crippen molar-refractivity contribution in [1.82, 2.24) is 15.5 Å². The Morgan fingerprint density at radius 1 is 1.44 bits per heavy atom. The summed E-state index contributed by atoms with van der Waals surface area (Å²) in [5, 5.41) is 19.7. The maximum Gasteiger partial charge on any atom is 0.341 e. The standard InChI is InChI=1S/C9H14N4O3/c1-9(2,3)12-8(16)11-6-5(7(14)15)4-10-13-6/h4H,1-3H3,(H,14,15)(H3,10,11,12,13,16). The van der Waals surface area contributed by atoms with Gasteiger partial charge in [0.2, 0.25) is 0 Å². The molecule has 0 aromatic carbocycles. The lowest BCUT2D eigenvalue weighted by molar-refractivity contribution is 0.0698. The minimum Gasteiger partial charge on any atom is -0.477 e. The molecule has 4 N–H and O–H groups in total. The SMILES string of the molecule is CC(C)(C)NC(=O)Nc1[nH]ncc1C(=O)O. The van der Waals surface area contributed by atoms with Crippen LogP contribution in [-0.2, 0) is 0 Å². The zero-order valence-corrected chi connectivity index (χ0v) is 9.29. The Bertz CT molecular complexity index is 405. The molecule has 0 saturated heterocycles. The van der Waals surface area contributed by atoms with E-state index in [1.165, 1.54) is 0 Å². The van der Waals surface area contributed by atoms with E-state index in [4.69, 9.17) is 5.11 Å². The Morgan fingerprint density at radius 3 is 2.56 bits per heavy atom. The zero-order valence-electron chi connectivity index (χ0n) is 9.29. The number of hydrogen-bond acceptors (Lipinski definition) is 3. The number of rotatable bonds is 2. The van der Waals surface area contributed by atoms with Crippen LogP contribution < -0.4 is 10.6 Å². The average molecular weight is 226 g/mol. The fourth-order valence-corrected chi connectivity index (χ4v) is 1.03. The van der Waals surface area contributed by atoms with E-state index >= 15 is 0 Å². The molecule has 0 aliphatic heterocycles. The molecule has 16 heavy (non-hydrogen) atoms. The van der Waals surface area contributed by atoms with Crippen molar-refractivity contribution in [3.8, 4) is 0 Å². The topological polar surface area (TPSA) is 107 Å². The Morgan fingerprint density at radius 2 is 2.06 bits per heavy atom. The third-order valence-corrected chi connectivity index (χ3v) is 1.60. The summed E-state index contributed by atoms with van der Waals surface area (Å²) in [4.78, 5) is 22.2. The van der Waals surface area contributed by atoms with Crippen molar-refractivity contribution in [2.45, 2.75) is 26.3 Å². The Hall–Kier alpha value is -2.05. The Labute approximate surface area is 92.2 Å². The van der Waals surface area contributed by atoms with Crippen molar-refractivity contribution in [1.29, 1.82) is 0 Å². The molecule has 0 aliphatic rings. The van der Waals surface area contributed by atoms with Crippen LogP contribution in [0.2, 0.25) is 0 Å². The molecular weight excluding hydrogens is 212 g/mol. The van der Waals surface area contributed by atoms with Crippen molar-refractivity contribution in [3.05, 3.63) is 11.8 Å². The maximum absolute atomic E-state index is 11.4. The lowest BCUT2D eigenvalue weighted by Crippen LogP contribution is -2.43. The van der Waals surface area contributed by atoms with Gasteiger partial charge in [-0.1, -0.05) is 0 Å². The van der Waals surface area contributed by atoms with E-state index in [0.717, 1.165) is 6.20 Å². The number of aromatic nitrogens is 2. The third-order valence-electron chi connectivity index (χ3n) is 1.60. The van der Waals surface area contributed by atoms with Crippen LogP contribution in [0.15, 0.2) is 6.20 Å². The molecule has 88 valence electrons. The smallest absolute Gasteiger partial charge is 0.341 e. The number of anilines is 1. The van der Waals surface area contributed by atoms with E-state index in [0.29, 0.717) is 0 Å². The fourth-order valence-electron chi connectivity index (χ4n) is 1.03. The molecule has 0 spiro atoms. The summed E-state index contributed by atoms with van der Waals surface area (Å²) in [6.07, 6.45) is 1.13. The fraction of sp³-hybridized carbons (Fsp3) is 0.444. The molecule has 0 aliphatic carbocycles. The van der Waals surface area contributed by atoms with E-state index < -0.39 is 17.5 Å². The normalized spacial score (nSPS) is 10.9. The van der Waals surface area contributed by atoms with E-state index in [9.17, 15) is 9.59 Å². The molecule has 1 aromatic rings. The highest BCUT2D eigenvalue weighted by atomic mass is 16.4.